The lowest BCUT2D eigenvalue weighted by atomic mass is 10.2. The fraction of sp³-hybridized carbons (Fsp3) is 0.667. The van der Waals surface area contributed by atoms with Crippen molar-refractivity contribution in [3.8, 4) is 0 Å². The summed E-state index contributed by atoms with van der Waals surface area (Å²) in [6, 6.07) is 0. The van der Waals surface area contributed by atoms with Crippen LogP contribution in [0.25, 0.3) is 0 Å². The van der Waals surface area contributed by atoms with Crippen molar-refractivity contribution in [1.82, 2.24) is 15.0 Å². The van der Waals surface area contributed by atoms with E-state index in [1.54, 1.807) is 0 Å². The van der Waals surface area contributed by atoms with E-state index in [-0.39, 0.29) is 12.2 Å². The van der Waals surface area contributed by atoms with E-state index in [1.165, 1.54) is 4.68 Å². The zero-order valence-electron chi connectivity index (χ0n) is 9.13. The molecule has 0 fully saturated rings. The first-order valence-corrected chi connectivity index (χ1v) is 5.13. The van der Waals surface area contributed by atoms with Crippen LogP contribution in [-0.2, 0) is 13.0 Å². The fourth-order valence-corrected chi connectivity index (χ4v) is 1.36. The highest BCUT2D eigenvalue weighted by Gasteiger charge is 2.19. The topological polar surface area (TPSA) is 114 Å². The Balaban J connectivity index is 2.95. The van der Waals surface area contributed by atoms with Crippen molar-refractivity contribution in [3.63, 3.8) is 0 Å². The second kappa shape index (κ2) is 5.57. The van der Waals surface area contributed by atoms with Crippen LogP contribution in [-0.4, -0.2) is 43.8 Å². The molecule has 0 saturated carbocycles. The summed E-state index contributed by atoms with van der Waals surface area (Å²) in [7, 11) is 0. The van der Waals surface area contributed by atoms with Gasteiger partial charge in [-0.15, -0.1) is 5.10 Å². The first kappa shape index (κ1) is 12.6. The van der Waals surface area contributed by atoms with Crippen LogP contribution in [0.3, 0.4) is 0 Å². The number of nitrogens with two attached hydrogens (primary N) is 1. The number of aromatic carboxylic acids is 1. The quantitative estimate of drug-likeness (QED) is 0.590. The maximum atomic E-state index is 10.8. The molecule has 0 aliphatic heterocycles. The number of rotatable bonds is 6. The molecule has 90 valence electrons. The van der Waals surface area contributed by atoms with Crippen molar-refractivity contribution in [3.05, 3.63) is 11.4 Å². The average molecular weight is 228 g/mol. The van der Waals surface area contributed by atoms with Gasteiger partial charge in [0.05, 0.1) is 18.3 Å². The van der Waals surface area contributed by atoms with E-state index in [2.05, 4.69) is 10.3 Å². The minimum absolute atomic E-state index is 0.0891. The predicted molar refractivity (Wildman–Crippen MR) is 56.0 cm³/mol. The first-order valence-electron chi connectivity index (χ1n) is 5.13. The maximum Gasteiger partial charge on any atom is 0.358 e. The summed E-state index contributed by atoms with van der Waals surface area (Å²) in [5.74, 6) is -1.12. The highest BCUT2D eigenvalue weighted by atomic mass is 16.4. The van der Waals surface area contributed by atoms with Crippen LogP contribution in [0, 0.1) is 0 Å². The minimum atomic E-state index is -1.12. The molecule has 1 heterocycles. The van der Waals surface area contributed by atoms with Crippen molar-refractivity contribution in [2.24, 2.45) is 5.73 Å². The lowest BCUT2D eigenvalue weighted by Crippen LogP contribution is -2.20. The molecule has 1 aromatic rings. The number of carbonyl (C=O) groups is 1. The van der Waals surface area contributed by atoms with Crippen LogP contribution in [0.2, 0.25) is 0 Å². The largest absolute Gasteiger partial charge is 0.476 e. The number of carboxylic acids is 1. The van der Waals surface area contributed by atoms with Gasteiger partial charge in [0.2, 0.25) is 0 Å². The van der Waals surface area contributed by atoms with E-state index < -0.39 is 12.1 Å². The summed E-state index contributed by atoms with van der Waals surface area (Å²) in [5.41, 5.74) is 5.77. The maximum absolute atomic E-state index is 10.8. The molecule has 1 unspecified atom stereocenters. The van der Waals surface area contributed by atoms with Gasteiger partial charge in [-0.2, -0.15) is 0 Å². The number of aliphatic hydroxyl groups excluding tert-OH is 1. The number of hydrogen-bond acceptors (Lipinski definition) is 5. The second-order valence-corrected chi connectivity index (χ2v) is 3.47. The van der Waals surface area contributed by atoms with Crippen LogP contribution in [0.1, 0.15) is 29.5 Å². The number of nitrogens with zero attached hydrogens (tertiary/aromatic N) is 3. The Hall–Kier alpha value is -1.47. The van der Waals surface area contributed by atoms with Crippen molar-refractivity contribution >= 4 is 5.97 Å². The Labute approximate surface area is 92.9 Å². The molecule has 0 saturated heterocycles. The zero-order chi connectivity index (χ0) is 12.1. The summed E-state index contributed by atoms with van der Waals surface area (Å²) in [5, 5.41) is 25.6. The van der Waals surface area contributed by atoms with Gasteiger partial charge in [-0.25, -0.2) is 9.48 Å². The molecule has 0 spiro atoms. The van der Waals surface area contributed by atoms with Crippen molar-refractivity contribution in [2.45, 2.75) is 32.4 Å². The van der Waals surface area contributed by atoms with E-state index in [0.29, 0.717) is 25.1 Å². The molecule has 1 atom stereocenters. The van der Waals surface area contributed by atoms with Gasteiger partial charge in [0, 0.05) is 6.42 Å². The summed E-state index contributed by atoms with van der Waals surface area (Å²) in [4.78, 5) is 10.8. The van der Waals surface area contributed by atoms with Gasteiger partial charge in [-0.3, -0.25) is 0 Å². The lowest BCUT2D eigenvalue weighted by Gasteiger charge is -2.09. The SMILES string of the molecule is CCC(O)Cn1nnc(C(=O)O)c1CCN. The highest BCUT2D eigenvalue weighted by molar-refractivity contribution is 5.86. The molecule has 1 rings (SSSR count). The van der Waals surface area contributed by atoms with Crippen molar-refractivity contribution in [2.75, 3.05) is 6.54 Å². The first-order chi connectivity index (χ1) is 7.60. The van der Waals surface area contributed by atoms with Crippen molar-refractivity contribution < 1.29 is 15.0 Å². The summed E-state index contributed by atoms with van der Waals surface area (Å²) < 4.78 is 1.41. The summed E-state index contributed by atoms with van der Waals surface area (Å²) >= 11 is 0. The van der Waals surface area contributed by atoms with Gasteiger partial charge < -0.3 is 15.9 Å². The van der Waals surface area contributed by atoms with Gasteiger partial charge in [0.25, 0.3) is 0 Å². The number of carboxylic acid groups (broad SMARTS) is 1. The van der Waals surface area contributed by atoms with Gasteiger partial charge in [0.1, 0.15) is 0 Å². The van der Waals surface area contributed by atoms with Crippen LogP contribution in [0.15, 0.2) is 0 Å². The molecular formula is C9H16N4O3. The number of hydrogen-bond donors (Lipinski definition) is 3. The Bertz CT molecular complexity index is 364. The molecular weight excluding hydrogens is 212 g/mol. The summed E-state index contributed by atoms with van der Waals surface area (Å²) in [6.07, 6.45) is 0.398. The Kier molecular flexibility index (Phi) is 4.39. The fourth-order valence-electron chi connectivity index (χ4n) is 1.36. The molecule has 0 amide bonds. The monoisotopic (exact) mass is 228 g/mol. The van der Waals surface area contributed by atoms with E-state index in [9.17, 15) is 9.90 Å². The normalized spacial score (nSPS) is 12.7. The molecule has 7 nitrogen and oxygen atoms in total. The lowest BCUT2D eigenvalue weighted by molar-refractivity contribution is 0.0688. The Morgan fingerprint density at radius 3 is 2.81 bits per heavy atom. The Morgan fingerprint density at radius 1 is 1.62 bits per heavy atom. The molecule has 7 heteroatoms. The molecule has 16 heavy (non-hydrogen) atoms. The van der Waals surface area contributed by atoms with E-state index in [4.69, 9.17) is 10.8 Å². The third-order valence-electron chi connectivity index (χ3n) is 2.28. The molecule has 0 aliphatic carbocycles. The second-order valence-electron chi connectivity index (χ2n) is 3.47. The van der Waals surface area contributed by atoms with Gasteiger partial charge >= 0.3 is 5.97 Å². The minimum Gasteiger partial charge on any atom is -0.476 e. The molecule has 0 aromatic carbocycles. The van der Waals surface area contributed by atoms with E-state index in [0.717, 1.165) is 0 Å². The Morgan fingerprint density at radius 2 is 2.31 bits per heavy atom. The van der Waals surface area contributed by atoms with Crippen LogP contribution in [0.4, 0.5) is 0 Å². The third kappa shape index (κ3) is 2.77. The smallest absolute Gasteiger partial charge is 0.358 e. The molecule has 0 radical (unpaired) electrons. The van der Waals surface area contributed by atoms with Crippen LogP contribution < -0.4 is 5.73 Å². The van der Waals surface area contributed by atoms with Gasteiger partial charge in [-0.05, 0) is 13.0 Å². The average Bonchev–Trinajstić information content (AvgIpc) is 2.62. The third-order valence-corrected chi connectivity index (χ3v) is 2.28. The molecule has 0 bridgehead atoms. The van der Waals surface area contributed by atoms with Crippen LogP contribution in [0.5, 0.6) is 0 Å². The van der Waals surface area contributed by atoms with Crippen molar-refractivity contribution in [1.29, 1.82) is 0 Å². The van der Waals surface area contributed by atoms with Gasteiger partial charge in [-0.1, -0.05) is 12.1 Å². The predicted octanol–water partition coefficient (Wildman–Crippen LogP) is -0.752. The number of aromatic nitrogens is 3. The number of aliphatic hydroxyl groups is 1. The standard InChI is InChI=1S/C9H16N4O3/c1-2-6(14)5-13-7(3-4-10)8(9(15)16)11-12-13/h6,14H,2-5,10H2,1H3,(H,15,16). The highest BCUT2D eigenvalue weighted by Crippen LogP contribution is 2.08. The molecule has 4 N–H and O–H groups in total. The molecule has 0 aliphatic rings. The van der Waals surface area contributed by atoms with Gasteiger partial charge in [0.15, 0.2) is 5.69 Å². The van der Waals surface area contributed by atoms with E-state index >= 15 is 0 Å². The summed E-state index contributed by atoms with van der Waals surface area (Å²) in [6.45, 7) is 2.39. The van der Waals surface area contributed by atoms with E-state index in [1.807, 2.05) is 6.92 Å². The molecule has 1 aromatic heterocycles. The van der Waals surface area contributed by atoms with Crippen LogP contribution >= 0.6 is 0 Å². The zero-order valence-corrected chi connectivity index (χ0v) is 9.13.